The van der Waals surface area contributed by atoms with E-state index in [9.17, 15) is 0 Å². The van der Waals surface area contributed by atoms with Gasteiger partial charge in [-0.1, -0.05) is 22.0 Å². The molecule has 80 valence electrons. The summed E-state index contributed by atoms with van der Waals surface area (Å²) in [6.45, 7) is 0. The lowest BCUT2D eigenvalue weighted by molar-refractivity contribution is 0.413. The van der Waals surface area contributed by atoms with Crippen molar-refractivity contribution >= 4 is 15.9 Å². The average Bonchev–Trinajstić information content (AvgIpc) is 2.89. The number of alkyl halides is 1. The van der Waals surface area contributed by atoms with E-state index in [2.05, 4.69) is 34.1 Å². The van der Waals surface area contributed by atoms with E-state index < -0.39 is 0 Å². The van der Waals surface area contributed by atoms with Crippen LogP contribution in [0.1, 0.15) is 24.0 Å². The normalized spacial score (nSPS) is 31.7. The Morgan fingerprint density at radius 2 is 2.40 bits per heavy atom. The van der Waals surface area contributed by atoms with Gasteiger partial charge in [0.25, 0.3) is 0 Å². The molecule has 0 amide bonds. The summed E-state index contributed by atoms with van der Waals surface area (Å²) in [6, 6.07) is 6.58. The second kappa shape index (κ2) is 3.24. The van der Waals surface area contributed by atoms with E-state index in [-0.39, 0.29) is 0 Å². The van der Waals surface area contributed by atoms with Gasteiger partial charge >= 0.3 is 0 Å². The number of ether oxygens (including phenoxy) is 1. The van der Waals surface area contributed by atoms with Crippen LogP contribution in [0, 0.1) is 5.92 Å². The number of methoxy groups -OCH3 is 1. The summed E-state index contributed by atoms with van der Waals surface area (Å²) in [7, 11) is 1.75. The molecule has 0 aromatic heterocycles. The minimum Gasteiger partial charge on any atom is -0.497 e. The van der Waals surface area contributed by atoms with E-state index in [0.717, 1.165) is 17.0 Å². The van der Waals surface area contributed by atoms with Gasteiger partial charge in [-0.2, -0.15) is 0 Å². The molecular weight excluding hydrogens is 252 g/mol. The first-order valence-electron chi connectivity index (χ1n) is 5.53. The van der Waals surface area contributed by atoms with E-state index in [4.69, 9.17) is 4.74 Å². The number of hydrogen-bond acceptors (Lipinski definition) is 1. The van der Waals surface area contributed by atoms with Gasteiger partial charge in [0.1, 0.15) is 5.75 Å². The summed E-state index contributed by atoms with van der Waals surface area (Å²) in [4.78, 5) is 0. The molecule has 1 aromatic rings. The average molecular weight is 267 g/mol. The maximum atomic E-state index is 5.32. The van der Waals surface area contributed by atoms with Gasteiger partial charge in [0.15, 0.2) is 0 Å². The van der Waals surface area contributed by atoms with Gasteiger partial charge in [-0.3, -0.25) is 0 Å². The zero-order valence-electron chi connectivity index (χ0n) is 8.92. The Labute approximate surface area is 99.0 Å². The van der Waals surface area contributed by atoms with Crippen molar-refractivity contribution in [2.24, 2.45) is 5.92 Å². The maximum Gasteiger partial charge on any atom is 0.119 e. The number of aryl methyl sites for hydroxylation is 1. The van der Waals surface area contributed by atoms with Crippen LogP contribution < -0.4 is 4.74 Å². The molecule has 0 radical (unpaired) electrons. The summed E-state index contributed by atoms with van der Waals surface area (Å²) < 4.78 is 5.32. The minimum absolute atomic E-state index is 0.507. The Hall–Kier alpha value is -0.500. The fourth-order valence-corrected chi connectivity index (χ4v) is 3.92. The van der Waals surface area contributed by atoms with Gasteiger partial charge in [-0.25, -0.2) is 0 Å². The summed E-state index contributed by atoms with van der Waals surface area (Å²) >= 11 is 3.62. The van der Waals surface area contributed by atoms with Crippen molar-refractivity contribution in [3.05, 3.63) is 29.3 Å². The Morgan fingerprint density at radius 3 is 3.07 bits per heavy atom. The standard InChI is InChI=1S/C13H15BrO/c1-15-11-3-2-9-4-5-13(12(9)6-11)7-10(13)8-14/h2-3,6,10H,4-5,7-8H2,1H3. The number of fused-ring (bicyclic) bond motifs is 2. The van der Waals surface area contributed by atoms with Crippen LogP contribution in [0.5, 0.6) is 5.75 Å². The van der Waals surface area contributed by atoms with Crippen molar-refractivity contribution in [2.45, 2.75) is 24.7 Å². The molecule has 2 atom stereocenters. The van der Waals surface area contributed by atoms with Crippen LogP contribution in [0.15, 0.2) is 18.2 Å². The highest BCUT2D eigenvalue weighted by Crippen LogP contribution is 2.62. The van der Waals surface area contributed by atoms with Crippen molar-refractivity contribution in [3.8, 4) is 5.75 Å². The summed E-state index contributed by atoms with van der Waals surface area (Å²) in [5.41, 5.74) is 3.61. The van der Waals surface area contributed by atoms with Crippen molar-refractivity contribution in [2.75, 3.05) is 12.4 Å². The molecule has 3 rings (SSSR count). The van der Waals surface area contributed by atoms with Gasteiger partial charge in [0, 0.05) is 10.7 Å². The van der Waals surface area contributed by atoms with Gasteiger partial charge < -0.3 is 4.74 Å². The molecule has 0 heterocycles. The number of hydrogen-bond donors (Lipinski definition) is 0. The maximum absolute atomic E-state index is 5.32. The SMILES string of the molecule is COc1ccc2c(c1)C1(CC2)CC1CBr. The van der Waals surface area contributed by atoms with Crippen LogP contribution >= 0.6 is 15.9 Å². The molecule has 0 saturated heterocycles. The van der Waals surface area contributed by atoms with Crippen LogP contribution in [0.4, 0.5) is 0 Å². The fraction of sp³-hybridized carbons (Fsp3) is 0.538. The largest absolute Gasteiger partial charge is 0.497 e. The number of halogens is 1. The minimum atomic E-state index is 0.507. The van der Waals surface area contributed by atoms with Crippen molar-refractivity contribution < 1.29 is 4.74 Å². The number of benzene rings is 1. The monoisotopic (exact) mass is 266 g/mol. The molecule has 2 aliphatic carbocycles. The predicted octanol–water partition coefficient (Wildman–Crippen LogP) is 3.29. The van der Waals surface area contributed by atoms with Crippen LogP contribution in [-0.2, 0) is 11.8 Å². The molecule has 2 unspecified atom stereocenters. The molecule has 1 aromatic carbocycles. The van der Waals surface area contributed by atoms with Crippen LogP contribution in [-0.4, -0.2) is 12.4 Å². The van der Waals surface area contributed by atoms with Crippen LogP contribution in [0.3, 0.4) is 0 Å². The molecular formula is C13H15BrO. The Morgan fingerprint density at radius 1 is 1.53 bits per heavy atom. The smallest absolute Gasteiger partial charge is 0.119 e. The molecule has 1 fully saturated rings. The third kappa shape index (κ3) is 1.27. The highest BCUT2D eigenvalue weighted by Gasteiger charge is 2.57. The lowest BCUT2D eigenvalue weighted by atomic mass is 9.96. The molecule has 15 heavy (non-hydrogen) atoms. The van der Waals surface area contributed by atoms with Gasteiger partial charge in [0.2, 0.25) is 0 Å². The first kappa shape index (κ1) is 9.71. The zero-order chi connectivity index (χ0) is 10.5. The lowest BCUT2D eigenvalue weighted by Gasteiger charge is -2.11. The van der Waals surface area contributed by atoms with E-state index in [1.165, 1.54) is 19.3 Å². The van der Waals surface area contributed by atoms with E-state index in [0.29, 0.717) is 5.41 Å². The van der Waals surface area contributed by atoms with Crippen LogP contribution in [0.2, 0.25) is 0 Å². The summed E-state index contributed by atoms with van der Waals surface area (Å²) in [5.74, 6) is 1.86. The van der Waals surface area contributed by atoms with Crippen molar-refractivity contribution in [1.82, 2.24) is 0 Å². The third-order valence-electron chi connectivity index (χ3n) is 4.11. The highest BCUT2D eigenvalue weighted by molar-refractivity contribution is 9.09. The topological polar surface area (TPSA) is 9.23 Å². The van der Waals surface area contributed by atoms with E-state index >= 15 is 0 Å². The highest BCUT2D eigenvalue weighted by atomic mass is 79.9. The molecule has 2 heteroatoms. The Bertz CT molecular complexity index is 402. The first-order chi connectivity index (χ1) is 7.30. The summed E-state index contributed by atoms with van der Waals surface area (Å²) in [6.07, 6.45) is 3.95. The quantitative estimate of drug-likeness (QED) is 0.747. The van der Waals surface area contributed by atoms with E-state index in [1.54, 1.807) is 18.2 Å². The second-order valence-electron chi connectivity index (χ2n) is 4.73. The summed E-state index contributed by atoms with van der Waals surface area (Å²) in [5, 5.41) is 1.14. The van der Waals surface area contributed by atoms with Gasteiger partial charge in [-0.05, 0) is 48.4 Å². The van der Waals surface area contributed by atoms with Gasteiger partial charge in [0.05, 0.1) is 7.11 Å². The first-order valence-corrected chi connectivity index (χ1v) is 6.65. The molecule has 2 aliphatic rings. The fourth-order valence-electron chi connectivity index (χ4n) is 3.08. The zero-order valence-corrected chi connectivity index (χ0v) is 10.5. The molecule has 1 nitrogen and oxygen atoms in total. The predicted molar refractivity (Wildman–Crippen MR) is 64.9 cm³/mol. The Kier molecular flexibility index (Phi) is 2.10. The molecule has 0 bridgehead atoms. The molecule has 1 saturated carbocycles. The third-order valence-corrected chi connectivity index (χ3v) is 4.89. The number of rotatable bonds is 2. The van der Waals surface area contributed by atoms with Crippen molar-refractivity contribution in [3.63, 3.8) is 0 Å². The molecule has 1 spiro atoms. The van der Waals surface area contributed by atoms with Gasteiger partial charge in [-0.15, -0.1) is 0 Å². The lowest BCUT2D eigenvalue weighted by Crippen LogP contribution is -2.05. The van der Waals surface area contributed by atoms with E-state index in [1.807, 2.05) is 0 Å². The van der Waals surface area contributed by atoms with Crippen molar-refractivity contribution in [1.29, 1.82) is 0 Å². The molecule has 0 N–H and O–H groups in total. The Balaban J connectivity index is 2.02. The second-order valence-corrected chi connectivity index (χ2v) is 5.38. The molecule has 0 aliphatic heterocycles. The van der Waals surface area contributed by atoms with Crippen LogP contribution in [0.25, 0.3) is 0 Å².